The molecule has 11 nitrogen and oxygen atoms in total. The Kier molecular flexibility index (Phi) is 8.75. The number of hydrogen-bond donors (Lipinski definition) is 4. The molecule has 2 aliphatic heterocycles. The molecule has 3 aromatic rings. The Balaban J connectivity index is 1.27. The first kappa shape index (κ1) is 33.2. The number of unbranched alkanes of at least 4 members (excludes halogenated alkanes) is 2. The van der Waals surface area contributed by atoms with E-state index in [2.05, 4.69) is 10.6 Å². The Morgan fingerprint density at radius 3 is 2.70 bits per heavy atom. The van der Waals surface area contributed by atoms with Crippen LogP contribution in [0.2, 0.25) is 0 Å². The molecule has 0 fully saturated rings. The maximum absolute atomic E-state index is 15.2. The number of rotatable bonds is 10. The average molecular weight is 651 g/mol. The van der Waals surface area contributed by atoms with Crippen molar-refractivity contribution in [3.05, 3.63) is 61.7 Å². The molecule has 1 aliphatic carbocycles. The number of halogens is 1. The summed E-state index contributed by atoms with van der Waals surface area (Å²) >= 11 is 0. The van der Waals surface area contributed by atoms with Gasteiger partial charge < -0.3 is 29.6 Å². The number of nitrogens with one attached hydrogen (secondary N) is 2. The molecule has 4 heterocycles. The normalized spacial score (nSPS) is 20.4. The largest absolute Gasteiger partial charge is 0.458 e. The predicted molar refractivity (Wildman–Crippen MR) is 172 cm³/mol. The van der Waals surface area contributed by atoms with E-state index in [9.17, 15) is 24.6 Å². The highest BCUT2D eigenvalue weighted by Gasteiger charge is 2.46. The third-order valence-electron chi connectivity index (χ3n) is 9.58. The van der Waals surface area contributed by atoms with E-state index in [4.69, 9.17) is 14.5 Å². The molecule has 6 rings (SSSR count). The predicted octanol–water partition coefficient (Wildman–Crippen LogP) is 3.87. The molecule has 1 aromatic carbocycles. The fourth-order valence-corrected chi connectivity index (χ4v) is 7.15. The summed E-state index contributed by atoms with van der Waals surface area (Å²) in [5.41, 5.74) is 1.98. The van der Waals surface area contributed by atoms with Gasteiger partial charge in [-0.25, -0.2) is 14.2 Å². The van der Waals surface area contributed by atoms with Crippen LogP contribution in [0, 0.1) is 12.7 Å². The number of cyclic esters (lactones) is 1. The molecule has 0 saturated carbocycles. The second kappa shape index (κ2) is 12.4. The summed E-state index contributed by atoms with van der Waals surface area (Å²) in [6.07, 6.45) is 2.62. The van der Waals surface area contributed by atoms with E-state index < -0.39 is 23.6 Å². The van der Waals surface area contributed by atoms with E-state index >= 15 is 4.39 Å². The lowest BCUT2D eigenvalue weighted by Gasteiger charge is -2.31. The van der Waals surface area contributed by atoms with Crippen LogP contribution >= 0.6 is 0 Å². The van der Waals surface area contributed by atoms with Crippen LogP contribution in [0.3, 0.4) is 0 Å². The second-order valence-electron chi connectivity index (χ2n) is 13.8. The molecule has 3 atom stereocenters. The third kappa shape index (κ3) is 5.96. The summed E-state index contributed by atoms with van der Waals surface area (Å²) < 4.78 is 27.4. The highest BCUT2D eigenvalue weighted by molar-refractivity contribution is 5.94. The summed E-state index contributed by atoms with van der Waals surface area (Å²) in [7, 11) is 0. The van der Waals surface area contributed by atoms with Crippen LogP contribution in [0.4, 0.5) is 4.39 Å². The lowest BCUT2D eigenvalue weighted by atomic mass is 9.81. The number of aryl methyl sites for hydroxylation is 1. The minimum absolute atomic E-state index is 0.0248. The fourth-order valence-electron chi connectivity index (χ4n) is 7.15. The van der Waals surface area contributed by atoms with E-state index in [-0.39, 0.29) is 54.0 Å². The van der Waals surface area contributed by atoms with Crippen molar-refractivity contribution in [2.24, 2.45) is 0 Å². The molecule has 252 valence electrons. The highest BCUT2D eigenvalue weighted by atomic mass is 19.1. The van der Waals surface area contributed by atoms with Crippen molar-refractivity contribution in [1.82, 2.24) is 20.2 Å². The van der Waals surface area contributed by atoms with Crippen LogP contribution in [0.1, 0.15) is 106 Å². The second-order valence-corrected chi connectivity index (χ2v) is 13.8. The van der Waals surface area contributed by atoms with E-state index in [0.29, 0.717) is 54.7 Å². The van der Waals surface area contributed by atoms with Crippen LogP contribution in [0.15, 0.2) is 16.9 Å². The Labute approximate surface area is 272 Å². The topological polar surface area (TPSA) is 152 Å². The molecule has 0 radical (unpaired) electrons. The Morgan fingerprint density at radius 1 is 1.21 bits per heavy atom. The number of benzene rings is 1. The first-order valence-corrected chi connectivity index (χ1v) is 16.4. The molecule has 47 heavy (non-hydrogen) atoms. The minimum Gasteiger partial charge on any atom is -0.458 e. The SMILES string of the molecule is CC[C@@]1(O)C(=O)OCc2c1cc1n(c2=O)Cc2c-1nc1cc(F)c(C)c3c1c2[C@@H](NC(=O)CCCCCNC(O)OC(C)(C)C)CC3. The van der Waals surface area contributed by atoms with Gasteiger partial charge in [-0.3, -0.25) is 14.9 Å². The van der Waals surface area contributed by atoms with Crippen molar-refractivity contribution < 1.29 is 33.7 Å². The molecule has 3 aliphatic rings. The van der Waals surface area contributed by atoms with E-state index in [0.717, 1.165) is 34.9 Å². The smallest absolute Gasteiger partial charge is 0.343 e. The average Bonchev–Trinajstić information content (AvgIpc) is 3.38. The maximum atomic E-state index is 15.2. The Bertz CT molecular complexity index is 1830. The number of amides is 1. The van der Waals surface area contributed by atoms with Gasteiger partial charge in [0.15, 0.2) is 5.60 Å². The number of aliphatic hydroxyl groups excluding tert-OH is 1. The fraction of sp³-hybridized carbons (Fsp3) is 0.543. The number of fused-ring (bicyclic) bond motifs is 5. The molecule has 1 unspecified atom stereocenters. The Hall–Kier alpha value is -3.71. The number of carbonyl (C=O) groups is 2. The van der Waals surface area contributed by atoms with Gasteiger partial charge in [0.1, 0.15) is 12.4 Å². The lowest BCUT2D eigenvalue weighted by molar-refractivity contribution is -0.181. The van der Waals surface area contributed by atoms with Crippen LogP contribution in [0.25, 0.3) is 22.3 Å². The van der Waals surface area contributed by atoms with Crippen molar-refractivity contribution in [2.75, 3.05) is 6.54 Å². The van der Waals surface area contributed by atoms with Crippen molar-refractivity contribution in [3.63, 3.8) is 0 Å². The van der Waals surface area contributed by atoms with Crippen molar-refractivity contribution in [1.29, 1.82) is 0 Å². The Morgan fingerprint density at radius 2 is 1.98 bits per heavy atom. The van der Waals surface area contributed by atoms with Gasteiger partial charge in [-0.2, -0.15) is 0 Å². The first-order chi connectivity index (χ1) is 22.2. The van der Waals surface area contributed by atoms with Gasteiger partial charge in [0, 0.05) is 29.0 Å². The lowest BCUT2D eigenvalue weighted by Crippen LogP contribution is -2.44. The van der Waals surface area contributed by atoms with Gasteiger partial charge in [0.2, 0.25) is 12.3 Å². The monoisotopic (exact) mass is 650 g/mol. The van der Waals surface area contributed by atoms with E-state index in [1.165, 1.54) is 6.07 Å². The molecule has 1 amide bonds. The molecule has 0 saturated heterocycles. The van der Waals surface area contributed by atoms with E-state index in [1.807, 2.05) is 20.8 Å². The number of ether oxygens (including phenoxy) is 2. The van der Waals surface area contributed by atoms with Gasteiger partial charge in [0.25, 0.3) is 5.56 Å². The summed E-state index contributed by atoms with van der Waals surface area (Å²) in [4.78, 5) is 44.5. The summed E-state index contributed by atoms with van der Waals surface area (Å²) in [5, 5.41) is 28.1. The number of nitrogens with zero attached hydrogens (tertiary/aromatic N) is 2. The van der Waals surface area contributed by atoms with Gasteiger partial charge >= 0.3 is 5.97 Å². The van der Waals surface area contributed by atoms with E-state index in [1.54, 1.807) is 24.5 Å². The maximum Gasteiger partial charge on any atom is 0.343 e. The molecule has 0 bridgehead atoms. The van der Waals surface area contributed by atoms with Gasteiger partial charge in [-0.1, -0.05) is 13.3 Å². The third-order valence-corrected chi connectivity index (χ3v) is 9.58. The van der Waals surface area contributed by atoms with Gasteiger partial charge in [-0.15, -0.1) is 0 Å². The zero-order valence-electron chi connectivity index (χ0n) is 27.6. The van der Waals surface area contributed by atoms with Gasteiger partial charge in [0.05, 0.1) is 40.7 Å². The molecule has 0 spiro atoms. The van der Waals surface area contributed by atoms with Crippen LogP contribution in [-0.4, -0.2) is 50.2 Å². The minimum atomic E-state index is -1.96. The van der Waals surface area contributed by atoms with Crippen molar-refractivity contribution in [3.8, 4) is 11.4 Å². The number of aliphatic hydroxyl groups is 2. The van der Waals surface area contributed by atoms with Crippen LogP contribution in [-0.2, 0) is 44.2 Å². The quantitative estimate of drug-likeness (QED) is 0.114. The number of pyridine rings is 2. The molecular weight excluding hydrogens is 607 g/mol. The molecule has 4 N–H and O–H groups in total. The molecule has 12 heteroatoms. The zero-order valence-corrected chi connectivity index (χ0v) is 27.6. The molecular formula is C35H43FN4O7. The number of aromatic nitrogens is 2. The summed E-state index contributed by atoms with van der Waals surface area (Å²) in [6.45, 7) is 9.49. The standard InChI is InChI=1S/C35H43FN4O7/c1-6-35(45)22-14-26-30-20(16-40(26)31(42)21(22)17-46-32(35)43)29-24(12-11-19-18(2)23(36)15-25(39-30)28(19)29)38-27(41)10-8-7-9-13-37-33(44)47-34(3,4)5/h14-15,24,33,37,44-45H,6-13,16-17H2,1-5H3,(H,38,41)/t24-,33?,35-/m0/s1. The number of carbonyl (C=O) groups excluding carboxylic acids is 2. The zero-order chi connectivity index (χ0) is 33.8. The summed E-state index contributed by atoms with van der Waals surface area (Å²) in [6, 6.07) is 2.67. The van der Waals surface area contributed by atoms with Crippen LogP contribution in [0.5, 0.6) is 0 Å². The van der Waals surface area contributed by atoms with Crippen LogP contribution < -0.4 is 16.2 Å². The van der Waals surface area contributed by atoms with Gasteiger partial charge in [-0.05, 0) is 89.1 Å². The van der Waals surface area contributed by atoms with Crippen molar-refractivity contribution in [2.45, 2.75) is 116 Å². The highest BCUT2D eigenvalue weighted by Crippen LogP contribution is 2.46. The number of esters is 1. The molecule has 2 aromatic heterocycles. The first-order valence-electron chi connectivity index (χ1n) is 16.4. The van der Waals surface area contributed by atoms with Crippen molar-refractivity contribution >= 4 is 22.8 Å². The number of hydrogen-bond acceptors (Lipinski definition) is 9. The summed E-state index contributed by atoms with van der Waals surface area (Å²) in [5.74, 6) is -1.28.